The van der Waals surface area contributed by atoms with E-state index < -0.39 is 0 Å². The fourth-order valence-electron chi connectivity index (χ4n) is 1.18. The topological polar surface area (TPSA) is 71.5 Å². The van der Waals surface area contributed by atoms with Gasteiger partial charge in [0.15, 0.2) is 12.0 Å². The number of carbonyl (C=O) groups excluding carboxylic acids is 1. The Balaban J connectivity index is 2.54. The summed E-state index contributed by atoms with van der Waals surface area (Å²) < 4.78 is 0. The van der Waals surface area contributed by atoms with Crippen LogP contribution in [0.15, 0.2) is 18.3 Å². The van der Waals surface area contributed by atoms with Crippen LogP contribution in [0.25, 0.3) is 11.4 Å². The second kappa shape index (κ2) is 3.37. The van der Waals surface area contributed by atoms with Gasteiger partial charge in [0.1, 0.15) is 5.69 Å². The Morgan fingerprint density at radius 1 is 1.43 bits per heavy atom. The van der Waals surface area contributed by atoms with Crippen molar-refractivity contribution in [2.75, 3.05) is 0 Å². The number of H-pyrrole nitrogens is 1. The second-order valence-electron chi connectivity index (χ2n) is 2.89. The van der Waals surface area contributed by atoms with Gasteiger partial charge >= 0.3 is 0 Å². The molecule has 1 N–H and O–H groups in total. The fourth-order valence-corrected chi connectivity index (χ4v) is 1.18. The van der Waals surface area contributed by atoms with Crippen LogP contribution in [0.5, 0.6) is 0 Å². The Labute approximate surface area is 80.2 Å². The summed E-state index contributed by atoms with van der Waals surface area (Å²) in [6.45, 7) is 1.95. The van der Waals surface area contributed by atoms with E-state index in [9.17, 15) is 4.79 Å². The average Bonchev–Trinajstić information content (AvgIpc) is 2.65. The molecule has 0 bridgehead atoms. The Hall–Kier alpha value is -2.04. The zero-order valence-corrected chi connectivity index (χ0v) is 7.56. The van der Waals surface area contributed by atoms with Crippen LogP contribution in [0.2, 0.25) is 0 Å². The third kappa shape index (κ3) is 1.39. The van der Waals surface area contributed by atoms with Gasteiger partial charge in [0.25, 0.3) is 0 Å². The number of pyridine rings is 1. The number of aromatic amines is 1. The molecular formula is C9H8N4O. The normalized spacial score (nSPS) is 10.1. The molecule has 0 fully saturated rings. The van der Waals surface area contributed by atoms with Gasteiger partial charge in [-0.25, -0.2) is 0 Å². The van der Waals surface area contributed by atoms with Crippen molar-refractivity contribution in [1.82, 2.24) is 20.4 Å². The molecular weight excluding hydrogens is 180 g/mol. The summed E-state index contributed by atoms with van der Waals surface area (Å²) in [5, 5.41) is 9.96. The van der Waals surface area contributed by atoms with Crippen LogP contribution in [0.1, 0.15) is 16.1 Å². The minimum atomic E-state index is 0.281. The summed E-state index contributed by atoms with van der Waals surface area (Å²) in [7, 11) is 0. The van der Waals surface area contributed by atoms with Crippen molar-refractivity contribution in [2.45, 2.75) is 6.92 Å². The average molecular weight is 188 g/mol. The van der Waals surface area contributed by atoms with E-state index in [0.717, 1.165) is 5.56 Å². The smallest absolute Gasteiger partial charge is 0.172 e. The first-order chi connectivity index (χ1) is 6.81. The number of rotatable bonds is 2. The highest BCUT2D eigenvalue weighted by molar-refractivity contribution is 5.81. The third-order valence-corrected chi connectivity index (χ3v) is 1.84. The molecule has 5 nitrogen and oxygen atoms in total. The molecule has 0 aliphatic heterocycles. The number of aldehydes is 1. The molecule has 0 aromatic carbocycles. The molecule has 2 aromatic rings. The Morgan fingerprint density at radius 2 is 2.29 bits per heavy atom. The van der Waals surface area contributed by atoms with Gasteiger partial charge in [0, 0.05) is 6.20 Å². The molecule has 0 spiro atoms. The monoisotopic (exact) mass is 188 g/mol. The van der Waals surface area contributed by atoms with Crippen molar-refractivity contribution in [3.05, 3.63) is 29.6 Å². The van der Waals surface area contributed by atoms with E-state index in [1.54, 1.807) is 6.20 Å². The Kier molecular flexibility index (Phi) is 2.06. The maximum absolute atomic E-state index is 10.6. The number of hydrogen-bond acceptors (Lipinski definition) is 4. The summed E-state index contributed by atoms with van der Waals surface area (Å²) in [5.41, 5.74) is 2.49. The molecule has 2 heterocycles. The molecule has 0 aliphatic carbocycles. The van der Waals surface area contributed by atoms with Crippen molar-refractivity contribution in [3.63, 3.8) is 0 Å². The fraction of sp³-hybridized carbons (Fsp3) is 0.111. The van der Waals surface area contributed by atoms with Gasteiger partial charge in [-0.05, 0) is 24.6 Å². The summed E-state index contributed by atoms with van der Waals surface area (Å²) in [5.74, 6) is 0. The first kappa shape index (κ1) is 8.55. The van der Waals surface area contributed by atoms with Crippen LogP contribution < -0.4 is 0 Å². The number of nitrogens with one attached hydrogen (secondary N) is 1. The first-order valence-electron chi connectivity index (χ1n) is 4.10. The zero-order chi connectivity index (χ0) is 9.97. The third-order valence-electron chi connectivity index (χ3n) is 1.84. The van der Waals surface area contributed by atoms with Crippen LogP contribution in [-0.2, 0) is 0 Å². The predicted molar refractivity (Wildman–Crippen MR) is 49.7 cm³/mol. The van der Waals surface area contributed by atoms with E-state index in [1.807, 2.05) is 19.1 Å². The van der Waals surface area contributed by atoms with Crippen molar-refractivity contribution >= 4 is 6.29 Å². The van der Waals surface area contributed by atoms with Crippen molar-refractivity contribution in [2.24, 2.45) is 0 Å². The molecule has 0 amide bonds. The summed E-state index contributed by atoms with van der Waals surface area (Å²) >= 11 is 0. The lowest BCUT2D eigenvalue weighted by molar-refractivity contribution is 0.111. The lowest BCUT2D eigenvalue weighted by Gasteiger charge is -1.96. The van der Waals surface area contributed by atoms with Crippen molar-refractivity contribution < 1.29 is 4.79 Å². The molecule has 0 unspecified atom stereocenters. The number of carbonyl (C=O) groups is 1. The van der Waals surface area contributed by atoms with E-state index in [2.05, 4.69) is 20.4 Å². The zero-order valence-electron chi connectivity index (χ0n) is 7.56. The number of aryl methyl sites for hydroxylation is 1. The molecule has 0 saturated carbocycles. The number of hydrogen-bond donors (Lipinski definition) is 1. The van der Waals surface area contributed by atoms with Gasteiger partial charge < -0.3 is 0 Å². The summed E-state index contributed by atoms with van der Waals surface area (Å²) in [4.78, 5) is 14.7. The highest BCUT2D eigenvalue weighted by atomic mass is 16.1. The molecule has 2 rings (SSSR count). The van der Waals surface area contributed by atoms with Gasteiger partial charge in [-0.3, -0.25) is 9.78 Å². The summed E-state index contributed by atoms with van der Waals surface area (Å²) in [6.07, 6.45) is 2.33. The van der Waals surface area contributed by atoms with Gasteiger partial charge in [-0.15, -0.1) is 0 Å². The molecule has 0 atom stereocenters. The first-order valence-corrected chi connectivity index (χ1v) is 4.10. The van der Waals surface area contributed by atoms with Crippen LogP contribution in [0.4, 0.5) is 0 Å². The molecule has 0 radical (unpaired) electrons. The Morgan fingerprint density at radius 3 is 3.00 bits per heavy atom. The molecule has 0 saturated heterocycles. The largest absolute Gasteiger partial charge is 0.296 e. The predicted octanol–water partition coefficient (Wildman–Crippen LogP) is 0.988. The van der Waals surface area contributed by atoms with E-state index in [-0.39, 0.29) is 5.69 Å². The van der Waals surface area contributed by atoms with Crippen LogP contribution in [0, 0.1) is 6.92 Å². The van der Waals surface area contributed by atoms with Gasteiger partial charge in [-0.1, -0.05) is 0 Å². The SMILES string of the molecule is Cc1ccnc(-c2n[nH]nc2C=O)c1. The van der Waals surface area contributed by atoms with E-state index in [4.69, 9.17) is 0 Å². The number of aromatic nitrogens is 4. The Bertz CT molecular complexity index is 463. The van der Waals surface area contributed by atoms with Crippen molar-refractivity contribution in [1.29, 1.82) is 0 Å². The van der Waals surface area contributed by atoms with Crippen LogP contribution in [-0.4, -0.2) is 26.7 Å². The van der Waals surface area contributed by atoms with Gasteiger partial charge in [-0.2, -0.15) is 15.4 Å². The maximum atomic E-state index is 10.6. The second-order valence-corrected chi connectivity index (χ2v) is 2.89. The summed E-state index contributed by atoms with van der Waals surface area (Å²) in [6, 6.07) is 3.73. The minimum absolute atomic E-state index is 0.281. The lowest BCUT2D eigenvalue weighted by Crippen LogP contribution is -1.89. The molecule has 2 aromatic heterocycles. The molecule has 14 heavy (non-hydrogen) atoms. The van der Waals surface area contributed by atoms with Gasteiger partial charge in [0.2, 0.25) is 0 Å². The molecule has 5 heteroatoms. The highest BCUT2D eigenvalue weighted by Gasteiger charge is 2.09. The minimum Gasteiger partial charge on any atom is -0.296 e. The quantitative estimate of drug-likeness (QED) is 0.713. The van der Waals surface area contributed by atoms with E-state index >= 15 is 0 Å². The van der Waals surface area contributed by atoms with Crippen molar-refractivity contribution in [3.8, 4) is 11.4 Å². The molecule has 0 aliphatic rings. The molecule has 70 valence electrons. The lowest BCUT2D eigenvalue weighted by atomic mass is 10.2. The number of nitrogens with zero attached hydrogens (tertiary/aromatic N) is 3. The maximum Gasteiger partial charge on any atom is 0.172 e. The highest BCUT2D eigenvalue weighted by Crippen LogP contribution is 2.16. The van der Waals surface area contributed by atoms with Gasteiger partial charge in [0.05, 0.1) is 5.69 Å². The van der Waals surface area contributed by atoms with E-state index in [1.165, 1.54) is 0 Å². The van der Waals surface area contributed by atoms with Crippen LogP contribution in [0.3, 0.4) is 0 Å². The standard InChI is InChI=1S/C9H8N4O/c1-6-2-3-10-7(4-6)9-8(5-14)11-13-12-9/h2-5H,1H3,(H,11,12,13). The van der Waals surface area contributed by atoms with Crippen LogP contribution >= 0.6 is 0 Å². The van der Waals surface area contributed by atoms with E-state index in [0.29, 0.717) is 17.7 Å².